The third-order valence-corrected chi connectivity index (χ3v) is 10.4. The number of carbonyl (C=O) groups excluding carboxylic acids is 1. The summed E-state index contributed by atoms with van der Waals surface area (Å²) in [7, 11) is -3.43. The maximum Gasteiger partial charge on any atom is 0.251 e. The maximum atomic E-state index is 12.8. The fraction of sp³-hybridized carbons (Fsp3) is 0.435. The van der Waals surface area contributed by atoms with Crippen LogP contribution in [0.5, 0.6) is 0 Å². The number of nitrogens with zero attached hydrogens (tertiary/aromatic N) is 1. The molecule has 9 heteroatoms. The van der Waals surface area contributed by atoms with E-state index in [-0.39, 0.29) is 18.2 Å². The van der Waals surface area contributed by atoms with Crippen LogP contribution in [0.25, 0.3) is 0 Å². The summed E-state index contributed by atoms with van der Waals surface area (Å²) in [6.07, 6.45) is 1.25. The van der Waals surface area contributed by atoms with Gasteiger partial charge in [-0.05, 0) is 46.7 Å². The summed E-state index contributed by atoms with van der Waals surface area (Å²) in [4.78, 5) is 12.7. The van der Waals surface area contributed by atoms with Gasteiger partial charge >= 0.3 is 0 Å². The molecule has 4 rings (SSSR count). The summed E-state index contributed by atoms with van der Waals surface area (Å²) < 4.78 is 32.8. The molecule has 172 valence electrons. The molecule has 0 aromatic heterocycles. The van der Waals surface area contributed by atoms with Crippen molar-refractivity contribution < 1.29 is 17.9 Å². The molecule has 0 radical (unpaired) electrons. The van der Waals surface area contributed by atoms with Gasteiger partial charge in [-0.2, -0.15) is 4.31 Å². The van der Waals surface area contributed by atoms with Crippen LogP contribution >= 0.6 is 23.5 Å². The number of amides is 1. The number of rotatable bonds is 7. The van der Waals surface area contributed by atoms with Crippen molar-refractivity contribution in [2.24, 2.45) is 0 Å². The van der Waals surface area contributed by atoms with Crippen LogP contribution in [-0.2, 0) is 27.1 Å². The Kier molecular flexibility index (Phi) is 8.17. The van der Waals surface area contributed by atoms with Gasteiger partial charge in [-0.15, -0.1) is 23.5 Å². The van der Waals surface area contributed by atoms with E-state index in [9.17, 15) is 13.2 Å². The van der Waals surface area contributed by atoms with Crippen molar-refractivity contribution in [3.8, 4) is 0 Å². The molecule has 0 bridgehead atoms. The molecule has 6 nitrogen and oxygen atoms in total. The van der Waals surface area contributed by atoms with Gasteiger partial charge in [0.05, 0.1) is 23.5 Å². The van der Waals surface area contributed by atoms with Crippen LogP contribution in [0, 0.1) is 0 Å². The summed E-state index contributed by atoms with van der Waals surface area (Å²) in [5.41, 5.74) is 3.37. The second-order valence-electron chi connectivity index (χ2n) is 7.77. The van der Waals surface area contributed by atoms with Gasteiger partial charge in [0.1, 0.15) is 0 Å². The van der Waals surface area contributed by atoms with Gasteiger partial charge in [0.15, 0.2) is 0 Å². The fourth-order valence-electron chi connectivity index (χ4n) is 3.73. The lowest BCUT2D eigenvalue weighted by molar-refractivity contribution is 0.0729. The van der Waals surface area contributed by atoms with Crippen molar-refractivity contribution in [2.45, 2.75) is 23.3 Å². The van der Waals surface area contributed by atoms with Gasteiger partial charge in [-0.3, -0.25) is 4.79 Å². The highest BCUT2D eigenvalue weighted by molar-refractivity contribution is 8.16. The number of ether oxygens (including phenoxy) is 1. The van der Waals surface area contributed by atoms with Crippen LogP contribution in [-0.4, -0.2) is 56.4 Å². The summed E-state index contributed by atoms with van der Waals surface area (Å²) in [5, 5.41) is 2.94. The Balaban J connectivity index is 1.38. The molecule has 2 aliphatic rings. The van der Waals surface area contributed by atoms with Crippen molar-refractivity contribution in [1.82, 2.24) is 9.62 Å². The topological polar surface area (TPSA) is 75.7 Å². The Labute approximate surface area is 198 Å². The van der Waals surface area contributed by atoms with E-state index in [1.807, 2.05) is 72.1 Å². The van der Waals surface area contributed by atoms with Gasteiger partial charge in [0, 0.05) is 25.2 Å². The SMILES string of the molecule is O=C(NCc1ccccc1CS(=O)(=O)N1CCOCC1)c1ccc(C2SCCCS2)cc1. The predicted molar refractivity (Wildman–Crippen MR) is 131 cm³/mol. The standard InChI is InChI=1S/C23H28N2O4S3/c26-22(18-6-8-19(9-7-18)23-30-14-3-15-31-23)24-16-20-4-1-2-5-21(20)17-32(27,28)25-10-12-29-13-11-25/h1-2,4-9,23H,3,10-17H2,(H,24,26). The Morgan fingerprint density at radius 2 is 1.66 bits per heavy atom. The minimum absolute atomic E-state index is 0.0789. The van der Waals surface area contributed by atoms with Crippen molar-refractivity contribution in [2.75, 3.05) is 37.8 Å². The molecule has 0 aliphatic carbocycles. The smallest absolute Gasteiger partial charge is 0.251 e. The molecule has 2 fully saturated rings. The lowest BCUT2D eigenvalue weighted by atomic mass is 10.1. The molecule has 1 N–H and O–H groups in total. The Morgan fingerprint density at radius 1 is 1.00 bits per heavy atom. The van der Waals surface area contributed by atoms with E-state index in [0.717, 1.165) is 5.56 Å². The number of hydrogen-bond acceptors (Lipinski definition) is 6. The fourth-order valence-corrected chi connectivity index (χ4v) is 8.19. The van der Waals surface area contributed by atoms with Crippen LogP contribution in [0.2, 0.25) is 0 Å². The molecule has 1 amide bonds. The minimum atomic E-state index is -3.43. The molecule has 2 aliphatic heterocycles. The monoisotopic (exact) mass is 492 g/mol. The first kappa shape index (κ1) is 23.6. The first-order valence-corrected chi connectivity index (χ1v) is 14.5. The van der Waals surface area contributed by atoms with E-state index >= 15 is 0 Å². The highest BCUT2D eigenvalue weighted by atomic mass is 32.2. The van der Waals surface area contributed by atoms with Gasteiger partial charge in [-0.25, -0.2) is 8.42 Å². The van der Waals surface area contributed by atoms with Crippen LogP contribution in [0.3, 0.4) is 0 Å². The van der Waals surface area contributed by atoms with Crippen LogP contribution < -0.4 is 5.32 Å². The van der Waals surface area contributed by atoms with Crippen molar-refractivity contribution in [3.05, 3.63) is 70.8 Å². The van der Waals surface area contributed by atoms with Gasteiger partial charge < -0.3 is 10.1 Å². The normalized spacial score (nSPS) is 18.4. The zero-order valence-electron chi connectivity index (χ0n) is 17.9. The second kappa shape index (κ2) is 11.1. The molecule has 0 saturated carbocycles. The molecule has 0 atom stereocenters. The number of nitrogens with one attached hydrogen (secondary N) is 1. The number of carbonyl (C=O) groups is 1. The molecule has 2 heterocycles. The predicted octanol–water partition coefficient (Wildman–Crippen LogP) is 3.65. The number of morpholine rings is 1. The first-order chi connectivity index (χ1) is 15.5. The van der Waals surface area contributed by atoms with E-state index in [0.29, 0.717) is 42.0 Å². The van der Waals surface area contributed by atoms with Gasteiger partial charge in [-0.1, -0.05) is 36.4 Å². The molecule has 32 heavy (non-hydrogen) atoms. The minimum Gasteiger partial charge on any atom is -0.379 e. The Hall–Kier alpha value is -1.52. The molecular weight excluding hydrogens is 464 g/mol. The highest BCUT2D eigenvalue weighted by Gasteiger charge is 2.25. The first-order valence-electron chi connectivity index (χ1n) is 10.8. The van der Waals surface area contributed by atoms with Crippen LogP contribution in [0.15, 0.2) is 48.5 Å². The molecule has 2 saturated heterocycles. The number of hydrogen-bond donors (Lipinski definition) is 1. The van der Waals surface area contributed by atoms with E-state index in [1.165, 1.54) is 27.8 Å². The van der Waals surface area contributed by atoms with E-state index in [2.05, 4.69) is 5.32 Å². The summed E-state index contributed by atoms with van der Waals surface area (Å²) in [6.45, 7) is 1.90. The van der Waals surface area contributed by atoms with Gasteiger partial charge in [0.25, 0.3) is 5.91 Å². The van der Waals surface area contributed by atoms with Gasteiger partial charge in [0.2, 0.25) is 10.0 Å². The number of benzene rings is 2. The second-order valence-corrected chi connectivity index (χ2v) is 12.5. The lowest BCUT2D eigenvalue weighted by Crippen LogP contribution is -2.41. The van der Waals surface area contributed by atoms with E-state index < -0.39 is 10.0 Å². The summed E-state index contributed by atoms with van der Waals surface area (Å²) >= 11 is 3.91. The van der Waals surface area contributed by atoms with Crippen molar-refractivity contribution >= 4 is 39.5 Å². The number of sulfonamides is 1. The zero-order chi connectivity index (χ0) is 22.4. The van der Waals surface area contributed by atoms with E-state index in [1.54, 1.807) is 0 Å². The quantitative estimate of drug-likeness (QED) is 0.636. The average molecular weight is 493 g/mol. The van der Waals surface area contributed by atoms with Crippen LogP contribution in [0.4, 0.5) is 0 Å². The molecular formula is C23H28N2O4S3. The summed E-state index contributed by atoms with van der Waals surface area (Å²) in [6, 6.07) is 15.2. The van der Waals surface area contributed by atoms with E-state index in [4.69, 9.17) is 4.74 Å². The maximum absolute atomic E-state index is 12.8. The molecule has 2 aromatic rings. The summed E-state index contributed by atoms with van der Waals surface area (Å²) in [5.74, 6) is 2.12. The largest absolute Gasteiger partial charge is 0.379 e. The third-order valence-electron chi connectivity index (χ3n) is 5.53. The highest BCUT2D eigenvalue weighted by Crippen LogP contribution is 2.43. The molecule has 0 unspecified atom stereocenters. The Morgan fingerprint density at radius 3 is 2.34 bits per heavy atom. The van der Waals surface area contributed by atoms with Crippen molar-refractivity contribution in [1.29, 1.82) is 0 Å². The van der Waals surface area contributed by atoms with Crippen LogP contribution in [0.1, 0.15) is 38.1 Å². The number of thioether (sulfide) groups is 2. The average Bonchev–Trinajstić information content (AvgIpc) is 2.84. The molecule has 0 spiro atoms. The third kappa shape index (κ3) is 6.08. The Bertz CT molecular complexity index is 1020. The molecule has 2 aromatic carbocycles. The lowest BCUT2D eigenvalue weighted by Gasteiger charge is -2.26. The zero-order valence-corrected chi connectivity index (χ0v) is 20.3. The van der Waals surface area contributed by atoms with Crippen molar-refractivity contribution in [3.63, 3.8) is 0 Å².